The van der Waals surface area contributed by atoms with Crippen LogP contribution in [0, 0.1) is 0 Å². The molecule has 0 spiro atoms. The lowest BCUT2D eigenvalue weighted by atomic mass is 9.99. The third kappa shape index (κ3) is 2.02. The van der Waals surface area contributed by atoms with Crippen LogP contribution in [0.5, 0.6) is 0 Å². The van der Waals surface area contributed by atoms with Crippen molar-refractivity contribution in [1.82, 2.24) is 0 Å². The molecule has 1 aliphatic heterocycles. The average molecular weight is 259 g/mol. The minimum absolute atomic E-state index is 0.225. The Bertz CT molecular complexity index is 485. The maximum absolute atomic E-state index is 12.6. The van der Waals surface area contributed by atoms with E-state index in [0.717, 1.165) is 12.1 Å². The van der Waals surface area contributed by atoms with Crippen LogP contribution in [0.4, 0.5) is 18.9 Å². The lowest BCUT2D eigenvalue weighted by molar-refractivity contribution is -0.139. The van der Waals surface area contributed by atoms with E-state index in [2.05, 4.69) is 0 Å². The van der Waals surface area contributed by atoms with Crippen LogP contribution in [0.3, 0.4) is 0 Å². The number of nitrogens with zero attached hydrogens (tertiary/aromatic N) is 1. The molecule has 2 rings (SSSR count). The average Bonchev–Trinajstić information content (AvgIpc) is 2.65. The smallest absolute Gasteiger partial charge is 0.416 e. The molecular weight excluding hydrogens is 247 g/mol. The van der Waals surface area contributed by atoms with Gasteiger partial charge in [-0.1, -0.05) is 0 Å². The van der Waals surface area contributed by atoms with Crippen LogP contribution in [0.2, 0.25) is 0 Å². The second-order valence-electron chi connectivity index (χ2n) is 4.20. The fourth-order valence-corrected chi connectivity index (χ4v) is 2.23. The maximum Gasteiger partial charge on any atom is 0.416 e. The number of fused-ring (bicyclic) bond motifs is 1. The summed E-state index contributed by atoms with van der Waals surface area (Å²) in [5.74, 6) is -1.98. The molecule has 0 saturated heterocycles. The minimum Gasteiger partial charge on any atom is -0.481 e. The van der Waals surface area contributed by atoms with E-state index in [1.165, 1.54) is 6.07 Å². The topological polar surface area (TPSA) is 40.5 Å². The Balaban J connectivity index is 2.50. The van der Waals surface area contributed by atoms with Gasteiger partial charge in [0.2, 0.25) is 0 Å². The second kappa shape index (κ2) is 4.19. The van der Waals surface area contributed by atoms with E-state index in [1.54, 1.807) is 4.90 Å². The van der Waals surface area contributed by atoms with Crippen molar-refractivity contribution in [3.05, 3.63) is 29.3 Å². The van der Waals surface area contributed by atoms with Gasteiger partial charge in [0.15, 0.2) is 0 Å². The van der Waals surface area contributed by atoms with Crippen molar-refractivity contribution in [2.45, 2.75) is 19.0 Å². The number of hydrogen-bond donors (Lipinski definition) is 1. The fourth-order valence-electron chi connectivity index (χ4n) is 2.23. The molecule has 0 fully saturated rings. The third-order valence-corrected chi connectivity index (χ3v) is 3.15. The molecule has 0 amide bonds. The summed E-state index contributed by atoms with van der Waals surface area (Å²) in [6, 6.07) is 3.29. The Morgan fingerprint density at radius 1 is 1.50 bits per heavy atom. The molecule has 1 aliphatic rings. The molecule has 3 nitrogen and oxygen atoms in total. The number of carboxylic acid groups (broad SMARTS) is 1. The highest BCUT2D eigenvalue weighted by molar-refractivity contribution is 5.83. The summed E-state index contributed by atoms with van der Waals surface area (Å²) in [6.45, 7) is 2.64. The number of carboxylic acids is 1. The highest BCUT2D eigenvalue weighted by atomic mass is 19.4. The van der Waals surface area contributed by atoms with E-state index in [-0.39, 0.29) is 12.1 Å². The zero-order valence-electron chi connectivity index (χ0n) is 9.66. The molecule has 0 aromatic heterocycles. The van der Waals surface area contributed by atoms with Crippen LogP contribution in [0.15, 0.2) is 18.2 Å². The first kappa shape index (κ1) is 12.7. The molecule has 1 atom stereocenters. The number of alkyl halides is 3. The zero-order valence-corrected chi connectivity index (χ0v) is 9.66. The zero-order chi connectivity index (χ0) is 13.5. The number of aliphatic carboxylic acids is 1. The van der Waals surface area contributed by atoms with Crippen LogP contribution in [0.1, 0.15) is 24.0 Å². The summed E-state index contributed by atoms with van der Waals surface area (Å²) in [6.07, 6.45) is -4.45. The number of rotatable bonds is 2. The van der Waals surface area contributed by atoms with Crippen molar-refractivity contribution in [3.8, 4) is 0 Å². The van der Waals surface area contributed by atoms with Crippen molar-refractivity contribution in [2.75, 3.05) is 18.0 Å². The van der Waals surface area contributed by atoms with E-state index in [9.17, 15) is 18.0 Å². The molecule has 1 aromatic carbocycles. The third-order valence-electron chi connectivity index (χ3n) is 3.15. The number of halogens is 3. The molecule has 98 valence electrons. The van der Waals surface area contributed by atoms with Gasteiger partial charge in [-0.25, -0.2) is 0 Å². The molecular formula is C12H12F3NO2. The van der Waals surface area contributed by atoms with Gasteiger partial charge in [-0.15, -0.1) is 0 Å². The van der Waals surface area contributed by atoms with Gasteiger partial charge >= 0.3 is 12.1 Å². The Morgan fingerprint density at radius 2 is 2.17 bits per heavy atom. The fraction of sp³-hybridized carbons (Fsp3) is 0.417. The van der Waals surface area contributed by atoms with Gasteiger partial charge in [0.1, 0.15) is 5.92 Å². The van der Waals surface area contributed by atoms with E-state index in [1.807, 2.05) is 6.92 Å². The molecule has 0 bridgehead atoms. The van der Waals surface area contributed by atoms with Gasteiger partial charge in [-0.05, 0) is 30.7 Å². The van der Waals surface area contributed by atoms with E-state index in [4.69, 9.17) is 5.11 Å². The first-order valence-electron chi connectivity index (χ1n) is 5.53. The predicted molar refractivity (Wildman–Crippen MR) is 59.7 cm³/mol. The molecule has 6 heteroatoms. The first-order valence-corrected chi connectivity index (χ1v) is 5.53. The number of carbonyl (C=O) groups is 1. The van der Waals surface area contributed by atoms with E-state index >= 15 is 0 Å². The lowest BCUT2D eigenvalue weighted by Crippen LogP contribution is -2.23. The van der Waals surface area contributed by atoms with Gasteiger partial charge in [-0.2, -0.15) is 13.2 Å². The van der Waals surface area contributed by atoms with Gasteiger partial charge in [-0.3, -0.25) is 4.79 Å². The van der Waals surface area contributed by atoms with Crippen LogP contribution in [-0.4, -0.2) is 24.2 Å². The van der Waals surface area contributed by atoms with Crippen LogP contribution >= 0.6 is 0 Å². The first-order chi connectivity index (χ1) is 8.34. The van der Waals surface area contributed by atoms with Crippen molar-refractivity contribution < 1.29 is 23.1 Å². The van der Waals surface area contributed by atoms with Crippen LogP contribution < -0.4 is 4.90 Å². The van der Waals surface area contributed by atoms with E-state index in [0.29, 0.717) is 12.2 Å². The van der Waals surface area contributed by atoms with Crippen LogP contribution in [0.25, 0.3) is 0 Å². The molecule has 1 heterocycles. The second-order valence-corrected chi connectivity index (χ2v) is 4.20. The Kier molecular flexibility index (Phi) is 2.96. The summed E-state index contributed by atoms with van der Waals surface area (Å²) < 4.78 is 37.8. The Hall–Kier alpha value is -1.72. The van der Waals surface area contributed by atoms with Crippen LogP contribution in [-0.2, 0) is 11.0 Å². The molecule has 0 aliphatic carbocycles. The number of hydrogen-bond acceptors (Lipinski definition) is 2. The van der Waals surface area contributed by atoms with Crippen molar-refractivity contribution in [1.29, 1.82) is 0 Å². The quantitative estimate of drug-likeness (QED) is 0.887. The minimum atomic E-state index is -4.45. The standard InChI is InChI=1S/C12H12F3NO2/c1-2-16-6-9(11(17)18)8-5-7(12(13,14)15)3-4-10(8)16/h3-5,9H,2,6H2,1H3,(H,17,18). The van der Waals surface area contributed by atoms with Crippen molar-refractivity contribution >= 4 is 11.7 Å². The van der Waals surface area contributed by atoms with Gasteiger partial charge in [0, 0.05) is 18.8 Å². The number of likely N-dealkylation sites (N-methyl/N-ethyl adjacent to an activating group) is 1. The highest BCUT2D eigenvalue weighted by Crippen LogP contribution is 2.40. The lowest BCUT2D eigenvalue weighted by Gasteiger charge is -2.17. The number of benzene rings is 1. The van der Waals surface area contributed by atoms with Gasteiger partial charge in [0.25, 0.3) is 0 Å². The SMILES string of the molecule is CCN1CC(C(=O)O)c2cc(C(F)(F)F)ccc21. The maximum atomic E-state index is 12.6. The predicted octanol–water partition coefficient (Wildman–Crippen LogP) is 2.71. The highest BCUT2D eigenvalue weighted by Gasteiger charge is 2.37. The van der Waals surface area contributed by atoms with E-state index < -0.39 is 23.6 Å². The summed E-state index contributed by atoms with van der Waals surface area (Å²) >= 11 is 0. The van der Waals surface area contributed by atoms with Crippen molar-refractivity contribution in [2.24, 2.45) is 0 Å². The molecule has 18 heavy (non-hydrogen) atoms. The van der Waals surface area contributed by atoms with Gasteiger partial charge < -0.3 is 10.0 Å². The molecule has 1 unspecified atom stereocenters. The summed E-state index contributed by atoms with van der Waals surface area (Å²) in [5, 5.41) is 9.06. The Labute approximate surface area is 102 Å². The summed E-state index contributed by atoms with van der Waals surface area (Å²) in [4.78, 5) is 12.9. The summed E-state index contributed by atoms with van der Waals surface area (Å²) in [7, 11) is 0. The molecule has 0 radical (unpaired) electrons. The number of anilines is 1. The summed E-state index contributed by atoms with van der Waals surface area (Å²) in [5.41, 5.74) is 0.0301. The largest absolute Gasteiger partial charge is 0.481 e. The van der Waals surface area contributed by atoms with Crippen molar-refractivity contribution in [3.63, 3.8) is 0 Å². The molecule has 1 N–H and O–H groups in total. The molecule has 1 aromatic rings. The normalized spacial score (nSPS) is 18.9. The van der Waals surface area contributed by atoms with Gasteiger partial charge in [0.05, 0.1) is 5.56 Å². The molecule has 0 saturated carbocycles. The Morgan fingerprint density at radius 3 is 2.67 bits per heavy atom. The monoisotopic (exact) mass is 259 g/mol.